The number of aliphatic hydroxyl groups excluding tert-OH is 2. The highest BCUT2D eigenvalue weighted by Gasteiger charge is 2.65. The number of para-hydroxylation sites is 1. The fourth-order valence-electron chi connectivity index (χ4n) is 9.27. The highest BCUT2D eigenvalue weighted by Crippen LogP contribution is 2.62. The maximum absolute atomic E-state index is 15.0. The van der Waals surface area contributed by atoms with Gasteiger partial charge in [0.1, 0.15) is 35.5 Å². The smallest absolute Gasteiger partial charge is 0.245 e. The average Bonchev–Trinajstić information content (AvgIpc) is 3.24. The van der Waals surface area contributed by atoms with Crippen LogP contribution < -0.4 is 9.47 Å². The maximum atomic E-state index is 15.0. The van der Waals surface area contributed by atoms with Crippen LogP contribution in [0.1, 0.15) is 66.8 Å². The first kappa shape index (κ1) is 41.2. The van der Waals surface area contributed by atoms with E-state index in [1.54, 1.807) is 67.9 Å². The number of carbonyl (C=O) groups is 1. The number of aromatic nitrogens is 1. The van der Waals surface area contributed by atoms with Crippen LogP contribution in [0.15, 0.2) is 113 Å². The Balaban J connectivity index is 1.45. The minimum Gasteiger partial charge on any atom is -0.460 e. The Hall–Kier alpha value is -4.92. The van der Waals surface area contributed by atoms with Crippen LogP contribution in [0.3, 0.4) is 0 Å². The molecule has 4 aromatic rings. The van der Waals surface area contributed by atoms with Crippen LogP contribution in [0, 0.1) is 17.8 Å². The van der Waals surface area contributed by atoms with Gasteiger partial charge in [0, 0.05) is 55.3 Å². The van der Waals surface area contributed by atoms with Crippen molar-refractivity contribution >= 4 is 32.9 Å². The lowest BCUT2D eigenvalue weighted by Crippen LogP contribution is -2.69. The summed E-state index contributed by atoms with van der Waals surface area (Å²) in [5, 5.41) is 25.0. The molecule has 1 saturated carbocycles. The van der Waals surface area contributed by atoms with E-state index in [1.165, 1.54) is 11.4 Å². The zero-order valence-electron chi connectivity index (χ0n) is 32.9. The number of sulfonamides is 1. The Kier molecular flexibility index (Phi) is 12.7. The minimum atomic E-state index is -4.25. The van der Waals surface area contributed by atoms with E-state index in [0.717, 1.165) is 43.1 Å². The number of aliphatic hydroxyl groups is 2. The summed E-state index contributed by atoms with van der Waals surface area (Å²) in [7, 11) is -1.22. The predicted octanol–water partition coefficient (Wildman–Crippen LogP) is 7.42. The first-order valence-corrected chi connectivity index (χ1v) is 21.3. The lowest BCUT2D eigenvalue weighted by Gasteiger charge is -2.59. The van der Waals surface area contributed by atoms with Gasteiger partial charge in [0.2, 0.25) is 15.8 Å². The van der Waals surface area contributed by atoms with Gasteiger partial charge in [-0.3, -0.25) is 9.78 Å². The molecule has 6 atom stereocenters. The molecule has 0 bridgehead atoms. The van der Waals surface area contributed by atoms with Crippen molar-refractivity contribution in [1.82, 2.24) is 9.29 Å². The number of rotatable bonds is 18. The van der Waals surface area contributed by atoms with E-state index in [1.807, 2.05) is 24.3 Å². The van der Waals surface area contributed by atoms with Crippen LogP contribution in [0.5, 0.6) is 17.2 Å². The van der Waals surface area contributed by atoms with Gasteiger partial charge in [-0.25, -0.2) is 8.42 Å². The van der Waals surface area contributed by atoms with Gasteiger partial charge in [0.15, 0.2) is 0 Å². The summed E-state index contributed by atoms with van der Waals surface area (Å²) < 4.78 is 51.8. The number of ether oxygens (including phenoxy) is 3. The number of carbonyl (C=O) groups excluding carboxylic acids is 1. The van der Waals surface area contributed by atoms with E-state index in [4.69, 9.17) is 19.0 Å². The van der Waals surface area contributed by atoms with E-state index < -0.39 is 27.8 Å². The summed E-state index contributed by atoms with van der Waals surface area (Å²) in [6.07, 6.45) is 10.7. The first-order chi connectivity index (χ1) is 28.2. The summed E-state index contributed by atoms with van der Waals surface area (Å²) in [5.41, 5.74) is 3.14. The summed E-state index contributed by atoms with van der Waals surface area (Å²) >= 11 is 0. The van der Waals surface area contributed by atoms with Gasteiger partial charge in [0.25, 0.3) is 0 Å². The molecule has 13 heteroatoms. The first-order valence-electron chi connectivity index (χ1n) is 19.9. The number of unbranched alkanes of at least 4 members (excludes halogenated alkanes) is 2. The lowest BCUT2D eigenvalue weighted by atomic mass is 9.55. The van der Waals surface area contributed by atoms with Gasteiger partial charge >= 0.3 is 0 Å². The Morgan fingerprint density at radius 1 is 1.00 bits per heavy atom. The molecule has 0 spiro atoms. The van der Waals surface area contributed by atoms with E-state index in [2.05, 4.69) is 22.8 Å². The topological polar surface area (TPSA) is 157 Å². The molecule has 3 aromatic carbocycles. The molecule has 2 aliphatic carbocycles. The molecule has 306 valence electrons. The number of hydrogen-bond acceptors (Lipinski definition) is 11. The molecule has 3 aliphatic rings. The number of nitrogens with zero attached hydrogens (tertiary/aromatic N) is 3. The maximum Gasteiger partial charge on any atom is 0.245 e. The van der Waals surface area contributed by atoms with Crippen molar-refractivity contribution < 1.29 is 42.5 Å². The van der Waals surface area contributed by atoms with Crippen molar-refractivity contribution in [1.29, 1.82) is 0 Å². The zero-order valence-corrected chi connectivity index (χ0v) is 33.7. The molecule has 7 rings (SSSR count). The third-order valence-electron chi connectivity index (χ3n) is 11.8. The van der Waals surface area contributed by atoms with Crippen molar-refractivity contribution in [3.05, 3.63) is 114 Å². The van der Waals surface area contributed by atoms with Crippen LogP contribution in [-0.2, 0) is 19.6 Å². The molecule has 1 fully saturated rings. The predicted molar refractivity (Wildman–Crippen MR) is 221 cm³/mol. The molecule has 0 saturated heterocycles. The molecule has 2 N–H and O–H groups in total. The molecule has 12 nitrogen and oxygen atoms in total. The quantitative estimate of drug-likeness (QED) is 0.0449. The van der Waals surface area contributed by atoms with Crippen LogP contribution in [0.2, 0.25) is 0 Å². The summed E-state index contributed by atoms with van der Waals surface area (Å²) in [4.78, 5) is 21.6. The molecular weight excluding hydrogens is 759 g/mol. The van der Waals surface area contributed by atoms with E-state index in [-0.39, 0.29) is 48.9 Å². The van der Waals surface area contributed by atoms with Crippen LogP contribution in [0.4, 0.5) is 0 Å². The van der Waals surface area contributed by atoms with E-state index in [0.29, 0.717) is 52.3 Å². The second-order valence-corrected chi connectivity index (χ2v) is 17.1. The highest BCUT2D eigenvalue weighted by atomic mass is 32.2. The second kappa shape index (κ2) is 17.9. The number of benzene rings is 3. The summed E-state index contributed by atoms with van der Waals surface area (Å²) in [6, 6.07) is 20.3. The van der Waals surface area contributed by atoms with Gasteiger partial charge < -0.3 is 29.3 Å². The zero-order chi connectivity index (χ0) is 40.9. The van der Waals surface area contributed by atoms with Crippen LogP contribution in [-0.4, -0.2) is 85.7 Å². The van der Waals surface area contributed by atoms with Crippen molar-refractivity contribution in [2.24, 2.45) is 22.9 Å². The normalized spacial score (nSPS) is 24.4. The van der Waals surface area contributed by atoms with Crippen molar-refractivity contribution in [3.63, 3.8) is 0 Å². The van der Waals surface area contributed by atoms with E-state index >= 15 is 0 Å². The average molecular weight is 810 g/mol. The summed E-state index contributed by atoms with van der Waals surface area (Å²) in [5.74, 6) is -0.901. The number of fused-ring (bicyclic) bond motifs is 3. The fourth-order valence-corrected chi connectivity index (χ4v) is 10.8. The SMILES string of the molecule is C=CCO[C@@]12Oc3ccc(Oc4cccc(C=O)c4)cc3[C@H]3[C@H](CCCCO)[C@@H](CCCCO)C=C(C(=NOC)C[C@@H]1N(C)S(=O)(=O)c1cccc4cccnc14)[C@H]32. The molecule has 1 aromatic heterocycles. The molecule has 0 amide bonds. The number of likely N-dealkylation sites (N-methyl/N-ethyl adjacent to an activating group) is 1. The standard InChI is InChI=1S/C45H51N3O9S/c1-4-24-55-45-41(48(2)58(52,53)40-18-10-14-31-15-11-21-46-44(31)40)28-38(47-54-3)36-26-32(13-5-7-22-49)35(17-6-8-23-50)42(43(36)45)37-27-34(19-20-39(37)57-45)56-33-16-9-12-30(25-33)29-51/h4,9-12,14-16,18-21,25-27,29,32,35,41-43,49-50H,1,5-8,13,17,22-24,28H2,2-3H3/t32-,35+,41-,42+,43+,45+/m0/s1. The number of allylic oxidation sites excluding steroid dienone is 1. The molecule has 2 heterocycles. The number of hydrogen-bond donors (Lipinski definition) is 2. The Bertz CT molecular complexity index is 2290. The van der Waals surface area contributed by atoms with Crippen LogP contribution in [0.25, 0.3) is 10.9 Å². The van der Waals surface area contributed by atoms with Gasteiger partial charge in [-0.05, 0) is 85.6 Å². The summed E-state index contributed by atoms with van der Waals surface area (Å²) in [6.45, 7) is 4.16. The number of oxime groups is 1. The van der Waals surface area contributed by atoms with Gasteiger partial charge in [0.05, 0.1) is 29.8 Å². The largest absolute Gasteiger partial charge is 0.460 e. The third kappa shape index (κ3) is 7.81. The molecular formula is C45H51N3O9S. The molecule has 58 heavy (non-hydrogen) atoms. The minimum absolute atomic E-state index is 0.0197. The Morgan fingerprint density at radius 3 is 2.52 bits per heavy atom. The van der Waals surface area contributed by atoms with Gasteiger partial charge in [-0.1, -0.05) is 60.5 Å². The monoisotopic (exact) mass is 809 g/mol. The number of pyridine rings is 1. The van der Waals surface area contributed by atoms with Gasteiger partial charge in [-0.15, -0.1) is 6.58 Å². The van der Waals surface area contributed by atoms with Crippen molar-refractivity contribution in [2.75, 3.05) is 34.0 Å². The third-order valence-corrected chi connectivity index (χ3v) is 13.7. The molecule has 0 unspecified atom stereocenters. The van der Waals surface area contributed by atoms with Crippen LogP contribution >= 0.6 is 0 Å². The van der Waals surface area contributed by atoms with E-state index in [9.17, 15) is 23.4 Å². The van der Waals surface area contributed by atoms with Crippen molar-refractivity contribution in [2.45, 2.75) is 67.6 Å². The highest BCUT2D eigenvalue weighted by molar-refractivity contribution is 7.89. The molecule has 0 radical (unpaired) electrons. The van der Waals surface area contributed by atoms with Gasteiger partial charge in [-0.2, -0.15) is 4.31 Å². The Morgan fingerprint density at radius 2 is 1.76 bits per heavy atom. The Labute approximate surface area is 339 Å². The van der Waals surface area contributed by atoms with Crippen molar-refractivity contribution in [3.8, 4) is 17.2 Å². The number of aldehydes is 1. The lowest BCUT2D eigenvalue weighted by molar-refractivity contribution is -0.250. The fraction of sp³-hybridized carbons (Fsp3) is 0.400. The molecule has 1 aliphatic heterocycles. The second-order valence-electron chi connectivity index (χ2n) is 15.1.